The van der Waals surface area contributed by atoms with E-state index in [1.807, 2.05) is 49.4 Å². The molecule has 0 bridgehead atoms. The minimum Gasteiger partial charge on any atom is -0.321 e. The Morgan fingerprint density at radius 2 is 1.63 bits per heavy atom. The lowest BCUT2D eigenvalue weighted by atomic mass is 10.0. The summed E-state index contributed by atoms with van der Waals surface area (Å²) >= 11 is 0. The molecule has 0 aliphatic carbocycles. The van der Waals surface area contributed by atoms with Crippen molar-refractivity contribution in [1.29, 1.82) is 0 Å². The fourth-order valence-electron chi connectivity index (χ4n) is 3.03. The molecule has 3 rings (SSSR count). The third-order valence-corrected chi connectivity index (χ3v) is 4.49. The number of aryl methyl sites for hydroxylation is 2. The lowest BCUT2D eigenvalue weighted by molar-refractivity contribution is -0.384. The molecule has 0 fully saturated rings. The third kappa shape index (κ3) is 4.03. The number of carbonyl (C=O) groups is 1. The van der Waals surface area contributed by atoms with Gasteiger partial charge in [0.25, 0.3) is 11.6 Å². The van der Waals surface area contributed by atoms with E-state index in [1.165, 1.54) is 12.1 Å². The number of hydrogen-bond donors (Lipinski definition) is 1. The molecule has 1 amide bonds. The van der Waals surface area contributed by atoms with Crippen molar-refractivity contribution in [2.45, 2.75) is 20.3 Å². The number of nitro groups is 1. The topological polar surface area (TPSA) is 72.2 Å². The van der Waals surface area contributed by atoms with Crippen molar-refractivity contribution < 1.29 is 9.72 Å². The van der Waals surface area contributed by atoms with Crippen LogP contribution in [-0.4, -0.2) is 10.8 Å². The summed E-state index contributed by atoms with van der Waals surface area (Å²) < 4.78 is 0. The monoisotopic (exact) mass is 360 g/mol. The number of carbonyl (C=O) groups excluding carboxylic acids is 1. The molecule has 0 atom stereocenters. The van der Waals surface area contributed by atoms with Gasteiger partial charge in [-0.2, -0.15) is 0 Å². The molecule has 0 saturated heterocycles. The lowest BCUT2D eigenvalue weighted by Gasteiger charge is -2.13. The molecule has 0 unspecified atom stereocenters. The summed E-state index contributed by atoms with van der Waals surface area (Å²) in [6, 6.07) is 20.3. The second-order valence-electron chi connectivity index (χ2n) is 6.30. The van der Waals surface area contributed by atoms with Crippen molar-refractivity contribution in [2.75, 3.05) is 5.32 Å². The summed E-state index contributed by atoms with van der Waals surface area (Å²) in [5, 5.41) is 14.0. The van der Waals surface area contributed by atoms with E-state index < -0.39 is 4.92 Å². The van der Waals surface area contributed by atoms with E-state index in [-0.39, 0.29) is 11.6 Å². The van der Waals surface area contributed by atoms with Crippen LogP contribution < -0.4 is 5.32 Å². The van der Waals surface area contributed by atoms with Crippen molar-refractivity contribution in [3.05, 3.63) is 93.5 Å². The zero-order chi connectivity index (χ0) is 19.4. The highest BCUT2D eigenvalue weighted by atomic mass is 16.6. The lowest BCUT2D eigenvalue weighted by Crippen LogP contribution is -2.14. The summed E-state index contributed by atoms with van der Waals surface area (Å²) in [4.78, 5) is 23.3. The first-order chi connectivity index (χ1) is 13.0. The number of nitrogens with zero attached hydrogens (tertiary/aromatic N) is 1. The number of nitro benzene ring substituents is 1. The first kappa shape index (κ1) is 18.3. The quantitative estimate of drug-likeness (QED) is 0.490. The molecular formula is C22H20N2O3. The molecule has 0 aliphatic rings. The molecule has 0 aliphatic heterocycles. The normalized spacial score (nSPS) is 10.4. The van der Waals surface area contributed by atoms with Crippen LogP contribution in [0.15, 0.2) is 66.7 Å². The predicted octanol–water partition coefficient (Wildman–Crippen LogP) is 5.38. The molecule has 3 aromatic carbocycles. The smallest absolute Gasteiger partial charge is 0.270 e. The molecule has 5 heteroatoms. The van der Waals surface area contributed by atoms with Gasteiger partial charge in [0.2, 0.25) is 0 Å². The van der Waals surface area contributed by atoms with E-state index in [0.29, 0.717) is 23.2 Å². The fraction of sp³-hybridized carbons (Fsp3) is 0.136. The van der Waals surface area contributed by atoms with Gasteiger partial charge in [0.1, 0.15) is 0 Å². The zero-order valence-electron chi connectivity index (χ0n) is 15.2. The van der Waals surface area contributed by atoms with Crippen LogP contribution >= 0.6 is 0 Å². The molecule has 5 nitrogen and oxygen atoms in total. The molecule has 0 radical (unpaired) electrons. The highest BCUT2D eigenvalue weighted by molar-refractivity contribution is 6.05. The van der Waals surface area contributed by atoms with Crippen LogP contribution in [0.25, 0.3) is 11.1 Å². The Morgan fingerprint density at radius 3 is 2.22 bits per heavy atom. The Kier molecular flexibility index (Phi) is 5.31. The number of hydrogen-bond acceptors (Lipinski definition) is 3. The van der Waals surface area contributed by atoms with Gasteiger partial charge < -0.3 is 5.32 Å². The van der Waals surface area contributed by atoms with Crippen molar-refractivity contribution in [3.63, 3.8) is 0 Å². The van der Waals surface area contributed by atoms with Gasteiger partial charge in [-0.3, -0.25) is 14.9 Å². The number of amides is 1. The summed E-state index contributed by atoms with van der Waals surface area (Å²) in [6.07, 6.45) is 0.588. The largest absolute Gasteiger partial charge is 0.321 e. The van der Waals surface area contributed by atoms with Crippen LogP contribution in [0.5, 0.6) is 0 Å². The Bertz CT molecular complexity index is 980. The van der Waals surface area contributed by atoms with Gasteiger partial charge in [-0.25, -0.2) is 0 Å². The average molecular weight is 360 g/mol. The first-order valence-corrected chi connectivity index (χ1v) is 8.74. The van der Waals surface area contributed by atoms with E-state index in [9.17, 15) is 14.9 Å². The van der Waals surface area contributed by atoms with Crippen LogP contribution in [-0.2, 0) is 6.42 Å². The second kappa shape index (κ2) is 7.83. The first-order valence-electron chi connectivity index (χ1n) is 8.74. The van der Waals surface area contributed by atoms with Crippen LogP contribution in [0.2, 0.25) is 0 Å². The Balaban J connectivity index is 1.84. The van der Waals surface area contributed by atoms with E-state index in [2.05, 4.69) is 5.32 Å². The summed E-state index contributed by atoms with van der Waals surface area (Å²) in [5.74, 6) is -0.235. The number of benzene rings is 3. The maximum absolute atomic E-state index is 12.7. The van der Waals surface area contributed by atoms with Crippen molar-refractivity contribution >= 4 is 17.3 Å². The SMILES string of the molecule is CCc1cc([N+](=O)[O-])cc(C)c1NC(=O)c1ccc(-c2ccccc2)cc1. The van der Waals surface area contributed by atoms with Crippen LogP contribution in [0.4, 0.5) is 11.4 Å². The molecule has 0 aromatic heterocycles. The molecule has 0 saturated carbocycles. The van der Waals surface area contributed by atoms with Crippen LogP contribution in [0, 0.1) is 17.0 Å². The summed E-state index contributed by atoms with van der Waals surface area (Å²) in [7, 11) is 0. The predicted molar refractivity (Wildman–Crippen MR) is 107 cm³/mol. The van der Waals surface area contributed by atoms with Crippen molar-refractivity contribution in [1.82, 2.24) is 0 Å². The highest BCUT2D eigenvalue weighted by Crippen LogP contribution is 2.28. The Labute approximate surface area is 157 Å². The molecule has 27 heavy (non-hydrogen) atoms. The maximum Gasteiger partial charge on any atom is 0.270 e. The number of nitrogens with one attached hydrogen (secondary N) is 1. The van der Waals surface area contributed by atoms with Gasteiger partial charge in [-0.15, -0.1) is 0 Å². The van der Waals surface area contributed by atoms with E-state index in [4.69, 9.17) is 0 Å². The minimum atomic E-state index is -0.417. The number of anilines is 1. The second-order valence-corrected chi connectivity index (χ2v) is 6.30. The average Bonchev–Trinajstić information content (AvgIpc) is 2.69. The maximum atomic E-state index is 12.7. The van der Waals surface area contributed by atoms with Crippen LogP contribution in [0.3, 0.4) is 0 Å². The summed E-state index contributed by atoms with van der Waals surface area (Å²) in [5.41, 5.74) is 4.76. The number of non-ortho nitro benzene ring substituents is 1. The van der Waals surface area contributed by atoms with Gasteiger partial charge in [0.15, 0.2) is 0 Å². The van der Waals surface area contributed by atoms with E-state index in [1.54, 1.807) is 19.1 Å². The molecule has 0 spiro atoms. The van der Waals surface area contributed by atoms with Crippen LogP contribution in [0.1, 0.15) is 28.4 Å². The number of rotatable bonds is 5. The Morgan fingerprint density at radius 1 is 1.00 bits per heavy atom. The van der Waals surface area contributed by atoms with Gasteiger partial charge in [0.05, 0.1) is 4.92 Å². The molecule has 3 aromatic rings. The van der Waals surface area contributed by atoms with Gasteiger partial charge in [-0.1, -0.05) is 49.4 Å². The van der Waals surface area contributed by atoms with Crippen molar-refractivity contribution in [3.8, 4) is 11.1 Å². The van der Waals surface area contributed by atoms with Gasteiger partial charge in [-0.05, 0) is 47.7 Å². The molecule has 1 N–H and O–H groups in total. The van der Waals surface area contributed by atoms with Crippen molar-refractivity contribution in [2.24, 2.45) is 0 Å². The highest BCUT2D eigenvalue weighted by Gasteiger charge is 2.16. The Hall–Kier alpha value is -3.47. The third-order valence-electron chi connectivity index (χ3n) is 4.49. The van der Waals surface area contributed by atoms with E-state index in [0.717, 1.165) is 16.7 Å². The van der Waals surface area contributed by atoms with Gasteiger partial charge in [0, 0.05) is 23.4 Å². The zero-order valence-corrected chi connectivity index (χ0v) is 15.2. The molecule has 136 valence electrons. The standard InChI is InChI=1S/C22H20N2O3/c1-3-16-14-20(24(26)27)13-15(2)21(16)23-22(25)19-11-9-18(10-12-19)17-7-5-4-6-8-17/h4-14H,3H2,1-2H3,(H,23,25). The molecular weight excluding hydrogens is 340 g/mol. The summed E-state index contributed by atoms with van der Waals surface area (Å²) in [6.45, 7) is 3.67. The fourth-order valence-corrected chi connectivity index (χ4v) is 3.03. The van der Waals surface area contributed by atoms with E-state index >= 15 is 0 Å². The van der Waals surface area contributed by atoms with Gasteiger partial charge >= 0.3 is 0 Å². The molecule has 0 heterocycles. The minimum absolute atomic E-state index is 0.0366.